The molecule has 0 amide bonds. The summed E-state index contributed by atoms with van der Waals surface area (Å²) in [5.41, 5.74) is 7.78. The summed E-state index contributed by atoms with van der Waals surface area (Å²) >= 11 is 0. The highest BCUT2D eigenvalue weighted by Gasteiger charge is 2.23. The molecular formula is C40H24O2. The van der Waals surface area contributed by atoms with Crippen molar-refractivity contribution in [1.29, 1.82) is 0 Å². The second-order valence-corrected chi connectivity index (χ2v) is 10.9. The molecule has 0 bridgehead atoms. The minimum absolute atomic E-state index is 0.872. The summed E-state index contributed by atoms with van der Waals surface area (Å²) in [6.45, 7) is 8.42. The molecule has 0 unspecified atom stereocenters. The van der Waals surface area contributed by atoms with Crippen molar-refractivity contribution in [2.24, 2.45) is 0 Å². The van der Waals surface area contributed by atoms with Gasteiger partial charge in [-0.1, -0.05) is 110 Å². The molecule has 7 aromatic carbocycles. The van der Waals surface area contributed by atoms with E-state index in [1.54, 1.807) is 0 Å². The minimum Gasteiger partial charge on any atom is -0.456 e. The van der Waals surface area contributed by atoms with Gasteiger partial charge in [0.05, 0.1) is 0 Å². The highest BCUT2D eigenvalue weighted by Crippen LogP contribution is 2.49. The van der Waals surface area contributed by atoms with Crippen LogP contribution in [0.3, 0.4) is 0 Å². The van der Waals surface area contributed by atoms with Crippen molar-refractivity contribution in [3.05, 3.63) is 140 Å². The third-order valence-electron chi connectivity index (χ3n) is 8.73. The fourth-order valence-corrected chi connectivity index (χ4v) is 6.98. The number of rotatable bonds is 3. The molecule has 9 rings (SSSR count). The van der Waals surface area contributed by atoms with Gasteiger partial charge in [0.25, 0.3) is 0 Å². The summed E-state index contributed by atoms with van der Waals surface area (Å²) < 4.78 is 13.1. The quantitative estimate of drug-likeness (QED) is 0.166. The van der Waals surface area contributed by atoms with Gasteiger partial charge in [-0.2, -0.15) is 0 Å². The molecule has 0 fully saturated rings. The van der Waals surface area contributed by atoms with Gasteiger partial charge in [0.2, 0.25) is 0 Å². The van der Waals surface area contributed by atoms with E-state index in [9.17, 15) is 0 Å². The number of hydrogen-bond donors (Lipinski definition) is 0. The van der Waals surface area contributed by atoms with Crippen LogP contribution in [0.15, 0.2) is 143 Å². The first kappa shape index (κ1) is 23.1. The molecular weight excluding hydrogens is 512 g/mol. The van der Waals surface area contributed by atoms with Gasteiger partial charge in [0.1, 0.15) is 22.3 Å². The molecule has 196 valence electrons. The van der Waals surface area contributed by atoms with Crippen molar-refractivity contribution in [2.45, 2.75) is 0 Å². The standard InChI is InChI=1S/C40H24O2/c1-3-23(2)35-25-12-4-6-14-27(25)37(28-15-7-5-13-26(28)35)31-22-24-20-21-34-38(29-16-8-10-18-32(29)41-34)36(24)39-30-17-9-11-19-33(30)42-40(31)39/h3-22H,1-2H2. The zero-order valence-corrected chi connectivity index (χ0v) is 22.8. The summed E-state index contributed by atoms with van der Waals surface area (Å²) in [5.74, 6) is 0. The Labute approximate surface area is 241 Å². The van der Waals surface area contributed by atoms with Crippen molar-refractivity contribution < 1.29 is 8.83 Å². The van der Waals surface area contributed by atoms with E-state index < -0.39 is 0 Å². The first-order valence-electron chi connectivity index (χ1n) is 14.2. The van der Waals surface area contributed by atoms with Crippen LogP contribution < -0.4 is 0 Å². The van der Waals surface area contributed by atoms with Crippen LogP contribution in [0.25, 0.3) is 92.9 Å². The van der Waals surface area contributed by atoms with Crippen LogP contribution in [0.1, 0.15) is 5.56 Å². The molecule has 0 radical (unpaired) electrons. The van der Waals surface area contributed by atoms with Crippen molar-refractivity contribution >= 4 is 81.8 Å². The number of benzene rings is 7. The molecule has 0 atom stereocenters. The van der Waals surface area contributed by atoms with Crippen LogP contribution in [-0.4, -0.2) is 0 Å². The fourth-order valence-electron chi connectivity index (χ4n) is 6.98. The molecule has 0 aliphatic heterocycles. The van der Waals surface area contributed by atoms with Gasteiger partial charge in [-0.3, -0.25) is 0 Å². The lowest BCUT2D eigenvalue weighted by Crippen LogP contribution is -1.93. The summed E-state index contributed by atoms with van der Waals surface area (Å²) in [6.07, 6.45) is 1.85. The zero-order chi connectivity index (χ0) is 27.9. The van der Waals surface area contributed by atoms with Crippen LogP contribution in [0.2, 0.25) is 0 Å². The van der Waals surface area contributed by atoms with Gasteiger partial charge < -0.3 is 8.83 Å². The maximum Gasteiger partial charge on any atom is 0.143 e. The molecule has 0 saturated carbocycles. The molecule has 0 spiro atoms. The molecule has 0 N–H and O–H groups in total. The second kappa shape index (κ2) is 8.45. The Morgan fingerprint density at radius 3 is 1.71 bits per heavy atom. The molecule has 2 aromatic heterocycles. The topological polar surface area (TPSA) is 26.3 Å². The van der Waals surface area contributed by atoms with Gasteiger partial charge in [-0.15, -0.1) is 0 Å². The van der Waals surface area contributed by atoms with E-state index in [2.05, 4.69) is 110 Å². The van der Waals surface area contributed by atoms with E-state index >= 15 is 0 Å². The van der Waals surface area contributed by atoms with Crippen molar-refractivity contribution in [3.63, 3.8) is 0 Å². The molecule has 2 heterocycles. The molecule has 2 heteroatoms. The zero-order valence-electron chi connectivity index (χ0n) is 22.8. The Hall–Kier alpha value is -5.60. The summed E-state index contributed by atoms with van der Waals surface area (Å²) in [5, 5.41) is 11.4. The van der Waals surface area contributed by atoms with Crippen LogP contribution in [0.4, 0.5) is 0 Å². The molecule has 0 aliphatic carbocycles. The van der Waals surface area contributed by atoms with Gasteiger partial charge in [-0.25, -0.2) is 0 Å². The van der Waals surface area contributed by atoms with Gasteiger partial charge in [-0.05, 0) is 62.3 Å². The number of hydrogen-bond acceptors (Lipinski definition) is 2. The van der Waals surface area contributed by atoms with Gasteiger partial charge in [0, 0.05) is 38.1 Å². The molecule has 42 heavy (non-hydrogen) atoms. The maximum atomic E-state index is 6.82. The fraction of sp³-hybridized carbons (Fsp3) is 0. The highest BCUT2D eigenvalue weighted by molar-refractivity contribution is 6.34. The molecule has 0 saturated heterocycles. The van der Waals surface area contributed by atoms with Crippen molar-refractivity contribution in [3.8, 4) is 11.1 Å². The Balaban J connectivity index is 1.56. The maximum absolute atomic E-state index is 6.82. The third kappa shape index (κ3) is 2.98. The molecule has 9 aromatic rings. The van der Waals surface area contributed by atoms with E-state index in [1.807, 2.05) is 24.3 Å². The van der Waals surface area contributed by atoms with Crippen LogP contribution in [0, 0.1) is 0 Å². The smallest absolute Gasteiger partial charge is 0.143 e. The Kier molecular flexibility index (Phi) is 4.66. The average molecular weight is 537 g/mol. The van der Waals surface area contributed by atoms with E-state index in [0.717, 1.165) is 98.5 Å². The Morgan fingerprint density at radius 2 is 1.07 bits per heavy atom. The third-order valence-corrected chi connectivity index (χ3v) is 8.73. The summed E-state index contributed by atoms with van der Waals surface area (Å²) in [7, 11) is 0. The summed E-state index contributed by atoms with van der Waals surface area (Å²) in [6, 6.07) is 40.4. The molecule has 0 aliphatic rings. The highest BCUT2D eigenvalue weighted by atomic mass is 16.3. The van der Waals surface area contributed by atoms with E-state index in [1.165, 1.54) is 0 Å². The van der Waals surface area contributed by atoms with E-state index in [0.29, 0.717) is 0 Å². The van der Waals surface area contributed by atoms with Crippen LogP contribution in [-0.2, 0) is 0 Å². The van der Waals surface area contributed by atoms with Gasteiger partial charge >= 0.3 is 0 Å². The van der Waals surface area contributed by atoms with E-state index in [4.69, 9.17) is 8.83 Å². The number of para-hydroxylation sites is 2. The second-order valence-electron chi connectivity index (χ2n) is 10.9. The van der Waals surface area contributed by atoms with Crippen molar-refractivity contribution in [2.75, 3.05) is 0 Å². The monoisotopic (exact) mass is 536 g/mol. The lowest BCUT2D eigenvalue weighted by molar-refractivity contribution is 0.669. The first-order chi connectivity index (χ1) is 20.7. The lowest BCUT2D eigenvalue weighted by atomic mass is 9.84. The minimum atomic E-state index is 0.872. The number of fused-ring (bicyclic) bond motifs is 11. The van der Waals surface area contributed by atoms with E-state index in [-0.39, 0.29) is 0 Å². The summed E-state index contributed by atoms with van der Waals surface area (Å²) in [4.78, 5) is 0. The Bertz CT molecular complexity index is 2550. The predicted molar refractivity (Wildman–Crippen MR) is 178 cm³/mol. The number of allylic oxidation sites excluding steroid dienone is 2. The SMILES string of the molecule is C=CC(=C)c1c2ccccc2c(-c2cc3ccc4oc5ccccc5c4c3c3c2oc2ccccc23)c2ccccc12. The molecule has 2 nitrogen and oxygen atoms in total. The van der Waals surface area contributed by atoms with Gasteiger partial charge in [0.15, 0.2) is 0 Å². The van der Waals surface area contributed by atoms with Crippen LogP contribution >= 0.6 is 0 Å². The number of furan rings is 2. The first-order valence-corrected chi connectivity index (χ1v) is 14.2. The average Bonchev–Trinajstić information content (AvgIpc) is 3.62. The predicted octanol–water partition coefficient (Wildman–Crippen LogP) is 11.8. The van der Waals surface area contributed by atoms with Crippen molar-refractivity contribution in [1.82, 2.24) is 0 Å². The normalized spacial score (nSPS) is 12.0. The largest absolute Gasteiger partial charge is 0.456 e. The van der Waals surface area contributed by atoms with Crippen LogP contribution in [0.5, 0.6) is 0 Å². The lowest BCUT2D eigenvalue weighted by Gasteiger charge is -2.18. The Morgan fingerprint density at radius 1 is 0.524 bits per heavy atom.